The van der Waals surface area contributed by atoms with E-state index in [0.717, 1.165) is 23.7 Å². The van der Waals surface area contributed by atoms with E-state index in [9.17, 15) is 0 Å². The number of hydrogen-bond donors (Lipinski definition) is 2. The third-order valence-corrected chi connectivity index (χ3v) is 4.57. The number of aliphatic hydroxyl groups excluding tert-OH is 1. The largest absolute Gasteiger partial charge is 0.394 e. The van der Waals surface area contributed by atoms with Crippen molar-refractivity contribution in [1.82, 2.24) is 9.88 Å². The maximum atomic E-state index is 9.07. The fourth-order valence-corrected chi connectivity index (χ4v) is 3.35. The number of aryl methyl sites for hydroxylation is 1. The van der Waals surface area contributed by atoms with Gasteiger partial charge < -0.3 is 15.7 Å². The quantitative estimate of drug-likeness (QED) is 0.824. The highest BCUT2D eigenvalue weighted by molar-refractivity contribution is 7.12. The summed E-state index contributed by atoms with van der Waals surface area (Å²) in [5.41, 5.74) is 6.83. The molecule has 3 N–H and O–H groups in total. The lowest BCUT2D eigenvalue weighted by molar-refractivity contribution is 0.269. The van der Waals surface area contributed by atoms with E-state index in [0.29, 0.717) is 5.92 Å². The molecule has 0 radical (unpaired) electrons. The highest BCUT2D eigenvalue weighted by Crippen LogP contribution is 2.33. The molecule has 0 aromatic carbocycles. The number of nitrogens with zero attached hydrogens (tertiary/aromatic N) is 2. The van der Waals surface area contributed by atoms with Gasteiger partial charge in [-0.15, -0.1) is 11.3 Å². The molecule has 0 saturated carbocycles. The Kier molecular flexibility index (Phi) is 3.59. The summed E-state index contributed by atoms with van der Waals surface area (Å²) in [7, 11) is 2.14. The molecule has 0 bridgehead atoms. The molecule has 2 rings (SSSR count). The Morgan fingerprint density at radius 1 is 1.69 bits per heavy atom. The summed E-state index contributed by atoms with van der Waals surface area (Å²) in [6.45, 7) is 4.20. The van der Waals surface area contributed by atoms with Crippen LogP contribution in [-0.4, -0.2) is 41.7 Å². The van der Waals surface area contributed by atoms with Crippen LogP contribution in [-0.2, 0) is 0 Å². The normalized spacial score (nSPS) is 23.9. The van der Waals surface area contributed by atoms with E-state index in [4.69, 9.17) is 10.8 Å². The highest BCUT2D eigenvalue weighted by atomic mass is 32.1. The first-order valence-electron chi connectivity index (χ1n) is 5.64. The van der Waals surface area contributed by atoms with Crippen molar-refractivity contribution in [3.05, 3.63) is 15.6 Å². The molecule has 90 valence electrons. The zero-order chi connectivity index (χ0) is 11.7. The molecule has 1 aromatic heterocycles. The number of rotatable bonds is 3. The Bertz CT molecular complexity index is 366. The van der Waals surface area contributed by atoms with Crippen LogP contribution in [0.25, 0.3) is 0 Å². The van der Waals surface area contributed by atoms with E-state index >= 15 is 0 Å². The molecule has 1 saturated heterocycles. The van der Waals surface area contributed by atoms with Crippen molar-refractivity contribution in [3.63, 3.8) is 0 Å². The van der Waals surface area contributed by atoms with Crippen molar-refractivity contribution < 1.29 is 5.11 Å². The van der Waals surface area contributed by atoms with Crippen LogP contribution in [0.15, 0.2) is 0 Å². The van der Waals surface area contributed by atoms with Crippen LogP contribution in [0.5, 0.6) is 0 Å². The van der Waals surface area contributed by atoms with Gasteiger partial charge in [-0.25, -0.2) is 4.98 Å². The maximum Gasteiger partial charge on any atom is 0.0975 e. The molecule has 0 amide bonds. The lowest BCUT2D eigenvalue weighted by Gasteiger charge is -2.07. The number of thiazole rings is 1. The summed E-state index contributed by atoms with van der Waals surface area (Å²) in [5.74, 6) is 0.549. The second-order valence-electron chi connectivity index (χ2n) is 4.54. The Morgan fingerprint density at radius 2 is 2.44 bits per heavy atom. The molecule has 1 aliphatic rings. The summed E-state index contributed by atoms with van der Waals surface area (Å²) in [5, 5.41) is 10.3. The van der Waals surface area contributed by atoms with Crippen molar-refractivity contribution in [1.29, 1.82) is 0 Å². The Balaban J connectivity index is 2.17. The van der Waals surface area contributed by atoms with Gasteiger partial charge in [-0.05, 0) is 26.9 Å². The Morgan fingerprint density at radius 3 is 3.00 bits per heavy atom. The lowest BCUT2D eigenvalue weighted by atomic mass is 10.1. The predicted molar refractivity (Wildman–Crippen MR) is 65.7 cm³/mol. The van der Waals surface area contributed by atoms with Gasteiger partial charge in [0.15, 0.2) is 0 Å². The van der Waals surface area contributed by atoms with Gasteiger partial charge in [0.1, 0.15) is 0 Å². The summed E-state index contributed by atoms with van der Waals surface area (Å²) in [6, 6.07) is -0.273. The number of likely N-dealkylation sites (tertiary alicyclic amines) is 1. The number of aromatic nitrogens is 1. The van der Waals surface area contributed by atoms with Crippen LogP contribution in [0.1, 0.15) is 34.0 Å². The minimum Gasteiger partial charge on any atom is -0.394 e. The van der Waals surface area contributed by atoms with Crippen molar-refractivity contribution in [2.24, 2.45) is 5.73 Å². The molecule has 0 spiro atoms. The number of aliphatic hydroxyl groups is 1. The van der Waals surface area contributed by atoms with Gasteiger partial charge in [0.05, 0.1) is 23.4 Å². The van der Waals surface area contributed by atoms with E-state index < -0.39 is 0 Å². The molecule has 4 nitrogen and oxygen atoms in total. The van der Waals surface area contributed by atoms with Crippen LogP contribution < -0.4 is 5.73 Å². The second-order valence-corrected chi connectivity index (χ2v) is 5.60. The van der Waals surface area contributed by atoms with Gasteiger partial charge in [-0.3, -0.25) is 0 Å². The van der Waals surface area contributed by atoms with Gasteiger partial charge in [-0.2, -0.15) is 0 Å². The van der Waals surface area contributed by atoms with Crippen LogP contribution in [0.4, 0.5) is 0 Å². The fourth-order valence-electron chi connectivity index (χ4n) is 2.17. The van der Waals surface area contributed by atoms with Crippen molar-refractivity contribution in [2.75, 3.05) is 26.7 Å². The highest BCUT2D eigenvalue weighted by Gasteiger charge is 2.25. The summed E-state index contributed by atoms with van der Waals surface area (Å²) in [6.07, 6.45) is 1.18. The van der Waals surface area contributed by atoms with Gasteiger partial charge in [-0.1, -0.05) is 0 Å². The minimum absolute atomic E-state index is 0.00690. The van der Waals surface area contributed by atoms with E-state index in [1.807, 2.05) is 6.92 Å². The average Bonchev–Trinajstić information content (AvgIpc) is 2.83. The molecule has 1 fully saturated rings. The lowest BCUT2D eigenvalue weighted by Crippen LogP contribution is -2.13. The number of nitrogens with two attached hydrogens (primary N) is 1. The van der Waals surface area contributed by atoms with Crippen LogP contribution in [0, 0.1) is 6.92 Å². The zero-order valence-corrected chi connectivity index (χ0v) is 10.6. The second kappa shape index (κ2) is 4.79. The third kappa shape index (κ3) is 2.27. The smallest absolute Gasteiger partial charge is 0.0975 e. The molecule has 1 aliphatic heterocycles. The molecule has 5 heteroatoms. The van der Waals surface area contributed by atoms with Gasteiger partial charge in [0.2, 0.25) is 0 Å². The maximum absolute atomic E-state index is 9.07. The molecule has 2 atom stereocenters. The molecule has 1 aromatic rings. The predicted octanol–water partition coefficient (Wildman–Crippen LogP) is 0.863. The standard InChI is InChI=1S/C11H19N3OS/c1-7-10(9(12)6-15)16-11(13-7)8-3-4-14(2)5-8/h8-9,15H,3-6,12H2,1-2H3. The fraction of sp³-hybridized carbons (Fsp3) is 0.727. The molecule has 2 unspecified atom stereocenters. The van der Waals surface area contributed by atoms with E-state index in [1.54, 1.807) is 11.3 Å². The van der Waals surface area contributed by atoms with E-state index in [2.05, 4.69) is 16.9 Å². The molecular weight excluding hydrogens is 222 g/mol. The first kappa shape index (κ1) is 12.0. The van der Waals surface area contributed by atoms with Crippen molar-refractivity contribution >= 4 is 11.3 Å². The summed E-state index contributed by atoms with van der Waals surface area (Å²) in [4.78, 5) is 7.96. The van der Waals surface area contributed by atoms with Crippen LogP contribution in [0.2, 0.25) is 0 Å². The van der Waals surface area contributed by atoms with Gasteiger partial charge in [0, 0.05) is 17.3 Å². The first-order valence-corrected chi connectivity index (χ1v) is 6.45. The van der Waals surface area contributed by atoms with Gasteiger partial charge in [0.25, 0.3) is 0 Å². The first-order chi connectivity index (χ1) is 7.61. The topological polar surface area (TPSA) is 62.4 Å². The zero-order valence-electron chi connectivity index (χ0n) is 9.81. The van der Waals surface area contributed by atoms with E-state index in [1.165, 1.54) is 11.4 Å². The van der Waals surface area contributed by atoms with Gasteiger partial charge >= 0.3 is 0 Å². The Hall–Kier alpha value is -0.490. The molecule has 16 heavy (non-hydrogen) atoms. The number of hydrogen-bond acceptors (Lipinski definition) is 5. The molecular formula is C11H19N3OS. The molecule has 2 heterocycles. The minimum atomic E-state index is -0.273. The van der Waals surface area contributed by atoms with Crippen molar-refractivity contribution in [3.8, 4) is 0 Å². The monoisotopic (exact) mass is 241 g/mol. The summed E-state index contributed by atoms with van der Waals surface area (Å²) < 4.78 is 0. The molecule has 0 aliphatic carbocycles. The summed E-state index contributed by atoms with van der Waals surface area (Å²) >= 11 is 1.67. The van der Waals surface area contributed by atoms with E-state index in [-0.39, 0.29) is 12.6 Å². The number of likely N-dealkylation sites (N-methyl/N-ethyl adjacent to an activating group) is 1. The Labute approximate surface area is 100 Å². The third-order valence-electron chi connectivity index (χ3n) is 3.12. The van der Waals surface area contributed by atoms with Crippen LogP contribution >= 0.6 is 11.3 Å². The van der Waals surface area contributed by atoms with Crippen LogP contribution in [0.3, 0.4) is 0 Å². The average molecular weight is 241 g/mol. The van der Waals surface area contributed by atoms with Crippen molar-refractivity contribution in [2.45, 2.75) is 25.3 Å². The SMILES string of the molecule is Cc1nc(C2CCN(C)C2)sc1C(N)CO.